The van der Waals surface area contributed by atoms with Crippen LogP contribution in [0.3, 0.4) is 0 Å². The molecular formula is C13H16O3. The Kier molecular flexibility index (Phi) is 3.25. The molecule has 1 N–H and O–H groups in total. The molecule has 0 saturated heterocycles. The quantitative estimate of drug-likeness (QED) is 0.847. The maximum Gasteiger partial charge on any atom is 0.163 e. The minimum Gasteiger partial charge on any atom is -0.491 e. The summed E-state index contributed by atoms with van der Waals surface area (Å²) in [5.41, 5.74) is 1.90. The zero-order chi connectivity index (χ0) is 11.5. The number of rotatable bonds is 3. The fourth-order valence-corrected chi connectivity index (χ4v) is 1.93. The maximum absolute atomic E-state index is 11.6. The number of ether oxygens (including phenoxy) is 1. The average Bonchev–Trinajstić information content (AvgIpc) is 2.26. The molecule has 86 valence electrons. The number of aryl methyl sites for hydroxylation is 1. The summed E-state index contributed by atoms with van der Waals surface area (Å²) in [6.07, 6.45) is 2.04. The van der Waals surface area contributed by atoms with E-state index >= 15 is 0 Å². The van der Waals surface area contributed by atoms with Gasteiger partial charge in [-0.05, 0) is 43.5 Å². The van der Waals surface area contributed by atoms with E-state index in [2.05, 4.69) is 0 Å². The fraction of sp³-hybridized carbons (Fsp3) is 0.462. The van der Waals surface area contributed by atoms with E-state index in [1.165, 1.54) is 0 Å². The van der Waals surface area contributed by atoms with E-state index in [9.17, 15) is 4.79 Å². The summed E-state index contributed by atoms with van der Waals surface area (Å²) >= 11 is 0. The normalized spacial score (nSPS) is 16.8. The van der Waals surface area contributed by atoms with Gasteiger partial charge in [-0.2, -0.15) is 0 Å². The molecule has 3 heteroatoms. The van der Waals surface area contributed by atoms with Gasteiger partial charge in [0.1, 0.15) is 12.4 Å². The average molecular weight is 220 g/mol. The number of aliphatic hydroxyl groups is 1. The summed E-state index contributed by atoms with van der Waals surface area (Å²) in [7, 11) is 0. The van der Waals surface area contributed by atoms with Crippen LogP contribution in [0, 0.1) is 0 Å². The summed E-state index contributed by atoms with van der Waals surface area (Å²) < 4.78 is 5.41. The van der Waals surface area contributed by atoms with E-state index in [0.717, 1.165) is 29.7 Å². The van der Waals surface area contributed by atoms with Crippen LogP contribution < -0.4 is 4.74 Å². The lowest BCUT2D eigenvalue weighted by molar-refractivity contribution is 0.0971. The largest absolute Gasteiger partial charge is 0.491 e. The van der Waals surface area contributed by atoms with E-state index in [1.807, 2.05) is 12.1 Å². The number of aliphatic hydroxyl groups excluding tert-OH is 1. The zero-order valence-corrected chi connectivity index (χ0v) is 9.40. The van der Waals surface area contributed by atoms with Crippen molar-refractivity contribution in [3.63, 3.8) is 0 Å². The third kappa shape index (κ3) is 2.42. The first-order chi connectivity index (χ1) is 7.66. The van der Waals surface area contributed by atoms with E-state index < -0.39 is 6.10 Å². The lowest BCUT2D eigenvalue weighted by Crippen LogP contribution is -2.14. The van der Waals surface area contributed by atoms with Crippen LogP contribution >= 0.6 is 0 Å². The van der Waals surface area contributed by atoms with E-state index in [1.54, 1.807) is 13.0 Å². The van der Waals surface area contributed by atoms with Gasteiger partial charge in [0.2, 0.25) is 0 Å². The molecular weight excluding hydrogens is 204 g/mol. The van der Waals surface area contributed by atoms with Crippen LogP contribution in [-0.4, -0.2) is 23.6 Å². The van der Waals surface area contributed by atoms with Crippen LogP contribution in [0.1, 0.15) is 35.7 Å². The molecule has 0 amide bonds. The summed E-state index contributed by atoms with van der Waals surface area (Å²) in [5, 5.41) is 9.12. The Morgan fingerprint density at radius 1 is 1.44 bits per heavy atom. The molecule has 2 rings (SSSR count). The fourth-order valence-electron chi connectivity index (χ4n) is 1.93. The van der Waals surface area contributed by atoms with Crippen LogP contribution in [0.15, 0.2) is 18.2 Å². The topological polar surface area (TPSA) is 46.5 Å². The molecule has 0 aliphatic heterocycles. The van der Waals surface area contributed by atoms with E-state index in [-0.39, 0.29) is 12.4 Å². The van der Waals surface area contributed by atoms with Crippen LogP contribution in [0.2, 0.25) is 0 Å². The van der Waals surface area contributed by atoms with E-state index in [4.69, 9.17) is 9.84 Å². The second-order valence-electron chi connectivity index (χ2n) is 4.26. The number of hydrogen-bond donors (Lipinski definition) is 1. The molecule has 1 aromatic rings. The Labute approximate surface area is 95.0 Å². The Hall–Kier alpha value is -1.35. The van der Waals surface area contributed by atoms with Gasteiger partial charge in [0, 0.05) is 12.0 Å². The van der Waals surface area contributed by atoms with Gasteiger partial charge in [0.05, 0.1) is 6.10 Å². The predicted molar refractivity (Wildman–Crippen MR) is 60.9 cm³/mol. The number of hydrogen-bond acceptors (Lipinski definition) is 3. The van der Waals surface area contributed by atoms with E-state index in [0.29, 0.717) is 6.42 Å². The Balaban J connectivity index is 2.15. The van der Waals surface area contributed by atoms with Crippen molar-refractivity contribution in [1.82, 2.24) is 0 Å². The highest BCUT2D eigenvalue weighted by molar-refractivity contribution is 5.98. The SMILES string of the molecule is CC(O)COc1ccc2c(c1)CCCC2=O. The summed E-state index contributed by atoms with van der Waals surface area (Å²) in [5.74, 6) is 0.956. The summed E-state index contributed by atoms with van der Waals surface area (Å²) in [4.78, 5) is 11.6. The Morgan fingerprint density at radius 3 is 3.00 bits per heavy atom. The summed E-state index contributed by atoms with van der Waals surface area (Å²) in [6, 6.07) is 5.54. The summed E-state index contributed by atoms with van der Waals surface area (Å²) in [6.45, 7) is 1.97. The molecule has 0 bridgehead atoms. The molecule has 0 heterocycles. The van der Waals surface area contributed by atoms with Gasteiger partial charge in [-0.15, -0.1) is 0 Å². The molecule has 1 aliphatic carbocycles. The standard InChI is InChI=1S/C13H16O3/c1-9(14)8-16-11-5-6-12-10(7-11)3-2-4-13(12)15/h5-7,9,14H,2-4,8H2,1H3. The first-order valence-electron chi connectivity index (χ1n) is 5.64. The number of ketones is 1. The van der Waals surface area contributed by atoms with Crippen LogP contribution in [0.25, 0.3) is 0 Å². The van der Waals surface area contributed by atoms with Gasteiger partial charge < -0.3 is 9.84 Å². The molecule has 1 aliphatic rings. The number of carbonyl (C=O) groups excluding carboxylic acids is 1. The van der Waals surface area contributed by atoms with Crippen LogP contribution in [0.4, 0.5) is 0 Å². The third-order valence-electron chi connectivity index (χ3n) is 2.72. The highest BCUT2D eigenvalue weighted by atomic mass is 16.5. The van der Waals surface area contributed by atoms with Gasteiger partial charge >= 0.3 is 0 Å². The Morgan fingerprint density at radius 2 is 2.25 bits per heavy atom. The lowest BCUT2D eigenvalue weighted by atomic mass is 9.90. The second-order valence-corrected chi connectivity index (χ2v) is 4.26. The van der Waals surface area contributed by atoms with Crippen molar-refractivity contribution in [3.8, 4) is 5.75 Å². The monoisotopic (exact) mass is 220 g/mol. The molecule has 0 spiro atoms. The van der Waals surface area contributed by atoms with Crippen LogP contribution in [-0.2, 0) is 6.42 Å². The van der Waals surface area contributed by atoms with Gasteiger partial charge in [-0.3, -0.25) is 4.79 Å². The van der Waals surface area contributed by atoms with Gasteiger partial charge in [-0.1, -0.05) is 0 Å². The van der Waals surface area contributed by atoms with Crippen molar-refractivity contribution in [1.29, 1.82) is 0 Å². The predicted octanol–water partition coefficient (Wildman–Crippen LogP) is 1.97. The Bertz CT molecular complexity index is 396. The van der Waals surface area contributed by atoms with Crippen molar-refractivity contribution >= 4 is 5.78 Å². The molecule has 1 aromatic carbocycles. The maximum atomic E-state index is 11.6. The number of Topliss-reactive ketones (excluding diaryl/α,β-unsaturated/α-hetero) is 1. The molecule has 0 fully saturated rings. The van der Waals surface area contributed by atoms with Crippen molar-refractivity contribution in [3.05, 3.63) is 29.3 Å². The van der Waals surface area contributed by atoms with Crippen molar-refractivity contribution in [2.75, 3.05) is 6.61 Å². The van der Waals surface area contributed by atoms with Gasteiger partial charge in [0.25, 0.3) is 0 Å². The van der Waals surface area contributed by atoms with Crippen molar-refractivity contribution in [2.45, 2.75) is 32.3 Å². The highest BCUT2D eigenvalue weighted by Gasteiger charge is 2.17. The van der Waals surface area contributed by atoms with Gasteiger partial charge in [0.15, 0.2) is 5.78 Å². The highest BCUT2D eigenvalue weighted by Crippen LogP contribution is 2.25. The number of fused-ring (bicyclic) bond motifs is 1. The lowest BCUT2D eigenvalue weighted by Gasteiger charge is -2.16. The molecule has 16 heavy (non-hydrogen) atoms. The number of carbonyl (C=O) groups is 1. The minimum absolute atomic E-state index is 0.225. The smallest absolute Gasteiger partial charge is 0.163 e. The van der Waals surface area contributed by atoms with Crippen LogP contribution in [0.5, 0.6) is 5.75 Å². The first kappa shape index (κ1) is 11.1. The van der Waals surface area contributed by atoms with Crippen molar-refractivity contribution in [2.24, 2.45) is 0 Å². The molecule has 0 saturated carbocycles. The molecule has 0 aromatic heterocycles. The van der Waals surface area contributed by atoms with Crippen molar-refractivity contribution < 1.29 is 14.6 Å². The third-order valence-corrected chi connectivity index (χ3v) is 2.72. The zero-order valence-electron chi connectivity index (χ0n) is 9.40. The second kappa shape index (κ2) is 4.66. The molecule has 1 atom stereocenters. The number of benzene rings is 1. The van der Waals surface area contributed by atoms with Gasteiger partial charge in [-0.25, -0.2) is 0 Å². The molecule has 0 radical (unpaired) electrons. The minimum atomic E-state index is -0.474. The first-order valence-corrected chi connectivity index (χ1v) is 5.64. The molecule has 3 nitrogen and oxygen atoms in total. The molecule has 1 unspecified atom stereocenters.